The van der Waals surface area contributed by atoms with E-state index < -0.39 is 11.5 Å². The largest absolute Gasteiger partial charge is 0.390 e. The molecule has 0 bridgehead atoms. The number of hydrogen-bond acceptors (Lipinski definition) is 3. The molecule has 1 aromatic heterocycles. The summed E-state index contributed by atoms with van der Waals surface area (Å²) in [7, 11) is 0. The maximum Gasteiger partial charge on any atom is 0.137 e. The molecule has 2 unspecified atom stereocenters. The second kappa shape index (κ2) is 7.89. The number of aliphatic hydroxyl groups excluding tert-OH is 1. The summed E-state index contributed by atoms with van der Waals surface area (Å²) in [4.78, 5) is 4.08. The molecule has 2 aromatic carbocycles. The van der Waals surface area contributed by atoms with Gasteiger partial charge in [0.1, 0.15) is 12.7 Å². The Labute approximate surface area is 161 Å². The molecule has 27 heavy (non-hydrogen) atoms. The lowest BCUT2D eigenvalue weighted by molar-refractivity contribution is 0.0527. The molecule has 0 fully saturated rings. The normalized spacial score (nSPS) is 13.9. The van der Waals surface area contributed by atoms with Crippen molar-refractivity contribution >= 4 is 0 Å². The van der Waals surface area contributed by atoms with Crippen LogP contribution in [0.5, 0.6) is 0 Å². The van der Waals surface area contributed by atoms with E-state index in [1.807, 2.05) is 30.3 Å². The molecule has 0 spiro atoms. The fraction of sp³-hybridized carbons (Fsp3) is 0.304. The molecule has 3 aromatic rings. The van der Waals surface area contributed by atoms with Gasteiger partial charge in [-0.3, -0.25) is 0 Å². The minimum atomic E-state index is -0.723. The van der Waals surface area contributed by atoms with Crippen LogP contribution >= 0.6 is 0 Å². The SMILES string of the molecule is C=CCC(C(O)C(C)(c1ccccc1C)c1ccccc1C)n1cncn1. The first-order valence-electron chi connectivity index (χ1n) is 9.25. The van der Waals surface area contributed by atoms with E-state index in [1.165, 1.54) is 6.33 Å². The number of allylic oxidation sites excluding steroid dienone is 1. The van der Waals surface area contributed by atoms with Crippen molar-refractivity contribution in [2.45, 2.75) is 44.8 Å². The Hall–Kier alpha value is -2.72. The maximum atomic E-state index is 11.8. The van der Waals surface area contributed by atoms with E-state index in [0.29, 0.717) is 6.42 Å². The fourth-order valence-electron chi connectivity index (χ4n) is 4.10. The summed E-state index contributed by atoms with van der Waals surface area (Å²) in [6.07, 6.45) is 4.86. The van der Waals surface area contributed by atoms with Crippen LogP contribution in [-0.4, -0.2) is 26.0 Å². The van der Waals surface area contributed by atoms with Gasteiger partial charge >= 0.3 is 0 Å². The second-order valence-corrected chi connectivity index (χ2v) is 7.24. The van der Waals surface area contributed by atoms with Crippen molar-refractivity contribution in [1.82, 2.24) is 14.8 Å². The highest BCUT2D eigenvalue weighted by atomic mass is 16.3. The Morgan fingerprint density at radius 2 is 1.63 bits per heavy atom. The van der Waals surface area contributed by atoms with Crippen LogP contribution in [0, 0.1) is 13.8 Å². The zero-order valence-electron chi connectivity index (χ0n) is 16.2. The first kappa shape index (κ1) is 19.1. The molecule has 0 aliphatic rings. The number of rotatable bonds is 7. The minimum Gasteiger partial charge on any atom is -0.390 e. The molecule has 4 nitrogen and oxygen atoms in total. The fourth-order valence-corrected chi connectivity index (χ4v) is 4.10. The highest BCUT2D eigenvalue weighted by Crippen LogP contribution is 2.42. The smallest absolute Gasteiger partial charge is 0.137 e. The number of nitrogens with zero attached hydrogens (tertiary/aromatic N) is 3. The van der Waals surface area contributed by atoms with Gasteiger partial charge in [0.25, 0.3) is 0 Å². The Bertz CT molecular complexity index is 856. The van der Waals surface area contributed by atoms with E-state index in [4.69, 9.17) is 0 Å². The lowest BCUT2D eigenvalue weighted by Crippen LogP contribution is -2.44. The Kier molecular flexibility index (Phi) is 5.57. The van der Waals surface area contributed by atoms with Gasteiger partial charge in [-0.1, -0.05) is 54.6 Å². The van der Waals surface area contributed by atoms with Crippen molar-refractivity contribution < 1.29 is 5.11 Å². The highest BCUT2D eigenvalue weighted by molar-refractivity contribution is 5.47. The molecule has 140 valence electrons. The topological polar surface area (TPSA) is 50.9 Å². The van der Waals surface area contributed by atoms with Gasteiger partial charge in [-0.25, -0.2) is 9.67 Å². The zero-order chi connectivity index (χ0) is 19.4. The average molecular weight is 361 g/mol. The van der Waals surface area contributed by atoms with Crippen molar-refractivity contribution in [3.63, 3.8) is 0 Å². The van der Waals surface area contributed by atoms with Gasteiger partial charge in [0.05, 0.1) is 12.1 Å². The van der Waals surface area contributed by atoms with Gasteiger partial charge < -0.3 is 5.11 Å². The minimum absolute atomic E-state index is 0.269. The van der Waals surface area contributed by atoms with Gasteiger partial charge in [0.15, 0.2) is 0 Å². The molecule has 0 saturated heterocycles. The van der Waals surface area contributed by atoms with Crippen LogP contribution in [-0.2, 0) is 5.41 Å². The third-order valence-corrected chi connectivity index (χ3v) is 5.55. The summed E-state index contributed by atoms with van der Waals surface area (Å²) in [5, 5.41) is 16.1. The van der Waals surface area contributed by atoms with E-state index >= 15 is 0 Å². The summed E-state index contributed by atoms with van der Waals surface area (Å²) in [5.41, 5.74) is 3.91. The van der Waals surface area contributed by atoms with Crippen molar-refractivity contribution in [2.75, 3.05) is 0 Å². The summed E-state index contributed by atoms with van der Waals surface area (Å²) in [6, 6.07) is 16.3. The molecule has 1 heterocycles. The Morgan fingerprint density at radius 1 is 1.07 bits per heavy atom. The third-order valence-electron chi connectivity index (χ3n) is 5.55. The van der Waals surface area contributed by atoms with Crippen molar-refractivity contribution in [3.05, 3.63) is 96.1 Å². The first-order chi connectivity index (χ1) is 13.0. The molecule has 4 heteroatoms. The van der Waals surface area contributed by atoms with Crippen LogP contribution < -0.4 is 0 Å². The van der Waals surface area contributed by atoms with E-state index in [9.17, 15) is 5.11 Å². The molecular formula is C23H27N3O. The second-order valence-electron chi connectivity index (χ2n) is 7.24. The molecule has 3 rings (SSSR count). The lowest BCUT2D eigenvalue weighted by Gasteiger charge is -2.41. The van der Waals surface area contributed by atoms with Gasteiger partial charge in [0.2, 0.25) is 0 Å². The van der Waals surface area contributed by atoms with Crippen LogP contribution in [0.25, 0.3) is 0 Å². The predicted octanol–water partition coefficient (Wildman–Crippen LogP) is 4.38. The molecular weight excluding hydrogens is 334 g/mol. The standard InChI is InChI=1S/C23H27N3O/c1-5-10-21(26-16-24-15-25-26)22(27)23(4,19-13-8-6-11-17(19)2)20-14-9-7-12-18(20)3/h5-9,11-16,21-22,27H,1,10H2,2-4H3. The van der Waals surface area contributed by atoms with Gasteiger partial charge in [-0.05, 0) is 49.4 Å². The van der Waals surface area contributed by atoms with Crippen molar-refractivity contribution in [2.24, 2.45) is 0 Å². The molecule has 1 N–H and O–H groups in total. The number of aliphatic hydroxyl groups is 1. The predicted molar refractivity (Wildman–Crippen MR) is 109 cm³/mol. The number of aromatic nitrogens is 3. The van der Waals surface area contributed by atoms with Gasteiger partial charge in [-0.2, -0.15) is 5.10 Å². The van der Waals surface area contributed by atoms with Crippen LogP contribution in [0.2, 0.25) is 0 Å². The average Bonchev–Trinajstić information content (AvgIpc) is 3.20. The van der Waals surface area contributed by atoms with E-state index in [0.717, 1.165) is 22.3 Å². The Morgan fingerprint density at radius 3 is 2.07 bits per heavy atom. The van der Waals surface area contributed by atoms with Crippen LogP contribution in [0.4, 0.5) is 0 Å². The monoisotopic (exact) mass is 361 g/mol. The van der Waals surface area contributed by atoms with Crippen LogP contribution in [0.1, 0.15) is 41.6 Å². The summed E-state index contributed by atoms with van der Waals surface area (Å²) < 4.78 is 1.74. The van der Waals surface area contributed by atoms with E-state index in [1.54, 1.807) is 11.0 Å². The summed E-state index contributed by atoms with van der Waals surface area (Å²) >= 11 is 0. The summed E-state index contributed by atoms with van der Waals surface area (Å²) in [6.45, 7) is 10.2. The molecule has 0 aliphatic heterocycles. The lowest BCUT2D eigenvalue weighted by atomic mass is 9.67. The van der Waals surface area contributed by atoms with E-state index in [2.05, 4.69) is 61.7 Å². The molecule has 2 atom stereocenters. The summed E-state index contributed by atoms with van der Waals surface area (Å²) in [5.74, 6) is 0. The van der Waals surface area contributed by atoms with Crippen LogP contribution in [0.15, 0.2) is 73.8 Å². The van der Waals surface area contributed by atoms with E-state index in [-0.39, 0.29) is 6.04 Å². The van der Waals surface area contributed by atoms with Gasteiger partial charge in [-0.15, -0.1) is 6.58 Å². The number of benzene rings is 2. The number of hydrogen-bond donors (Lipinski definition) is 1. The number of aryl methyl sites for hydroxylation is 2. The third kappa shape index (κ3) is 3.45. The van der Waals surface area contributed by atoms with Crippen molar-refractivity contribution in [1.29, 1.82) is 0 Å². The molecule has 0 amide bonds. The Balaban J connectivity index is 2.22. The quantitative estimate of drug-likeness (QED) is 0.636. The van der Waals surface area contributed by atoms with Gasteiger partial charge in [0, 0.05) is 5.41 Å². The zero-order valence-corrected chi connectivity index (χ0v) is 16.2. The highest BCUT2D eigenvalue weighted by Gasteiger charge is 2.43. The van der Waals surface area contributed by atoms with Crippen molar-refractivity contribution in [3.8, 4) is 0 Å². The maximum absolute atomic E-state index is 11.8. The molecule has 0 saturated carbocycles. The van der Waals surface area contributed by atoms with Crippen LogP contribution in [0.3, 0.4) is 0 Å². The first-order valence-corrected chi connectivity index (χ1v) is 9.25. The molecule has 0 aliphatic carbocycles. The molecule has 0 radical (unpaired) electrons.